The van der Waals surface area contributed by atoms with Crippen molar-refractivity contribution in [1.82, 2.24) is 35.2 Å². The summed E-state index contributed by atoms with van der Waals surface area (Å²) in [6.45, 7) is 8.12. The maximum Gasteiger partial charge on any atom is 0.254 e. The number of nitriles is 1. The van der Waals surface area contributed by atoms with Gasteiger partial charge in [0.1, 0.15) is 18.4 Å². The molecule has 10 heteroatoms. The molecule has 0 aliphatic heterocycles. The molecular weight excluding hydrogens is 432 g/mol. The van der Waals surface area contributed by atoms with Gasteiger partial charge in [0.15, 0.2) is 0 Å². The number of carbonyl (C=O) groups excluding carboxylic acids is 2. The van der Waals surface area contributed by atoms with Crippen LogP contribution in [0.1, 0.15) is 61.9 Å². The number of nitrogens with zero attached hydrogens (tertiary/aromatic N) is 6. The minimum atomic E-state index is -0.634. The van der Waals surface area contributed by atoms with Gasteiger partial charge in [-0.05, 0) is 46.1 Å². The molecular formula is C24H30N8O2. The molecule has 2 heterocycles. The average molecular weight is 463 g/mol. The summed E-state index contributed by atoms with van der Waals surface area (Å²) in [5, 5.41) is 23.2. The third kappa shape index (κ3) is 6.51. The Morgan fingerprint density at radius 3 is 2.56 bits per heavy atom. The zero-order chi connectivity index (χ0) is 24.7. The zero-order valence-corrected chi connectivity index (χ0v) is 19.9. The largest absolute Gasteiger partial charge is 0.352 e. The first kappa shape index (κ1) is 24.6. The Bertz CT molecular complexity index is 1150. The minimum absolute atomic E-state index is 0.0120. The van der Waals surface area contributed by atoms with E-state index in [1.54, 1.807) is 24.0 Å². The summed E-state index contributed by atoms with van der Waals surface area (Å²) < 4.78 is 3.12. The molecule has 0 aliphatic rings. The Labute approximate surface area is 199 Å². The predicted octanol–water partition coefficient (Wildman–Crippen LogP) is 2.21. The first-order valence-electron chi connectivity index (χ1n) is 11.2. The van der Waals surface area contributed by atoms with Crippen molar-refractivity contribution >= 4 is 11.8 Å². The molecule has 2 unspecified atom stereocenters. The van der Waals surface area contributed by atoms with E-state index in [1.165, 1.54) is 11.0 Å². The lowest BCUT2D eigenvalue weighted by Crippen LogP contribution is -2.42. The summed E-state index contributed by atoms with van der Waals surface area (Å²) in [7, 11) is 0. The number of rotatable bonds is 9. The highest BCUT2D eigenvalue weighted by molar-refractivity contribution is 5.93. The van der Waals surface area contributed by atoms with Crippen molar-refractivity contribution < 1.29 is 9.59 Å². The molecule has 2 atom stereocenters. The second-order valence-corrected chi connectivity index (χ2v) is 9.12. The van der Waals surface area contributed by atoms with E-state index in [9.17, 15) is 9.59 Å². The van der Waals surface area contributed by atoms with E-state index in [1.807, 2.05) is 57.2 Å². The molecule has 0 spiro atoms. The predicted molar refractivity (Wildman–Crippen MR) is 126 cm³/mol. The first-order valence-corrected chi connectivity index (χ1v) is 11.2. The van der Waals surface area contributed by atoms with Crippen LogP contribution in [-0.4, -0.2) is 48.9 Å². The van der Waals surface area contributed by atoms with Gasteiger partial charge >= 0.3 is 0 Å². The Balaban J connectivity index is 1.62. The normalized spacial score (nSPS) is 13.0. The maximum absolute atomic E-state index is 12.9. The van der Waals surface area contributed by atoms with Gasteiger partial charge in [0.2, 0.25) is 5.91 Å². The van der Waals surface area contributed by atoms with Gasteiger partial charge in [0.25, 0.3) is 11.7 Å². The Morgan fingerprint density at radius 1 is 1.21 bits per heavy atom. The van der Waals surface area contributed by atoms with Crippen molar-refractivity contribution in [2.75, 3.05) is 6.54 Å². The summed E-state index contributed by atoms with van der Waals surface area (Å²) in [6, 6.07) is 10.8. The third-order valence-electron chi connectivity index (χ3n) is 5.37. The van der Waals surface area contributed by atoms with Gasteiger partial charge in [0, 0.05) is 18.8 Å². The molecule has 0 aliphatic carbocycles. The maximum atomic E-state index is 12.9. The fourth-order valence-corrected chi connectivity index (χ4v) is 3.35. The van der Waals surface area contributed by atoms with Crippen LogP contribution in [0.2, 0.25) is 0 Å². The van der Waals surface area contributed by atoms with E-state index in [0.29, 0.717) is 24.9 Å². The highest BCUT2D eigenvalue weighted by Gasteiger charge is 2.21. The fraction of sp³-hybridized carbons (Fsp3) is 0.417. The molecule has 0 fully saturated rings. The van der Waals surface area contributed by atoms with Crippen molar-refractivity contribution in [3.8, 4) is 6.07 Å². The second-order valence-electron chi connectivity index (χ2n) is 9.12. The molecule has 10 nitrogen and oxygen atoms in total. The molecule has 0 saturated carbocycles. The summed E-state index contributed by atoms with van der Waals surface area (Å²) >= 11 is 0. The lowest BCUT2D eigenvalue weighted by molar-refractivity contribution is -0.124. The van der Waals surface area contributed by atoms with Crippen molar-refractivity contribution in [2.24, 2.45) is 0 Å². The first-order chi connectivity index (χ1) is 16.2. The topological polar surface area (TPSA) is 131 Å². The van der Waals surface area contributed by atoms with Crippen LogP contribution in [0, 0.1) is 11.3 Å². The molecule has 2 aromatic heterocycles. The van der Waals surface area contributed by atoms with Gasteiger partial charge in [-0.25, -0.2) is 9.67 Å². The van der Waals surface area contributed by atoms with Crippen molar-refractivity contribution in [3.05, 3.63) is 66.0 Å². The van der Waals surface area contributed by atoms with E-state index < -0.39 is 6.04 Å². The zero-order valence-electron chi connectivity index (χ0n) is 19.9. The van der Waals surface area contributed by atoms with Gasteiger partial charge in [-0.1, -0.05) is 30.3 Å². The Hall–Kier alpha value is -4.00. The average Bonchev–Trinajstić information content (AvgIpc) is 3.49. The Kier molecular flexibility index (Phi) is 7.79. The van der Waals surface area contributed by atoms with Gasteiger partial charge in [-0.3, -0.25) is 14.3 Å². The second kappa shape index (κ2) is 10.7. The number of benzene rings is 1. The third-order valence-corrected chi connectivity index (χ3v) is 5.37. The molecule has 0 saturated heterocycles. The minimum Gasteiger partial charge on any atom is -0.352 e. The lowest BCUT2D eigenvalue weighted by Gasteiger charge is -2.21. The molecule has 2 N–H and O–H groups in total. The molecule has 2 amide bonds. The van der Waals surface area contributed by atoms with Crippen molar-refractivity contribution in [1.29, 1.82) is 5.26 Å². The molecule has 1 aromatic carbocycles. The number of amides is 2. The monoisotopic (exact) mass is 462 g/mol. The number of nitrogens with one attached hydrogen (secondary N) is 2. The van der Waals surface area contributed by atoms with E-state index >= 15 is 0 Å². The molecule has 0 bridgehead atoms. The molecule has 3 rings (SSSR count). The highest BCUT2D eigenvalue weighted by atomic mass is 16.2. The standard InChI is InChI=1S/C24H30N8O2/c1-17(31-16-27-21(13-25)30-31)22(33)29-20(12-18-8-6-5-7-9-18)10-11-26-23(34)19-14-28-32(15-19)24(2,3)4/h5-9,14-17,20H,10-12H2,1-4H3,(H,26,34)(H,29,33). The van der Waals surface area contributed by atoms with Crippen molar-refractivity contribution in [3.63, 3.8) is 0 Å². The molecule has 178 valence electrons. The quantitative estimate of drug-likeness (QED) is 0.501. The van der Waals surface area contributed by atoms with Crippen LogP contribution in [-0.2, 0) is 16.8 Å². The van der Waals surface area contributed by atoms with Crippen LogP contribution in [0.3, 0.4) is 0 Å². The Morgan fingerprint density at radius 2 is 1.94 bits per heavy atom. The number of hydrogen-bond acceptors (Lipinski definition) is 6. The van der Waals surface area contributed by atoms with Gasteiger partial charge < -0.3 is 10.6 Å². The highest BCUT2D eigenvalue weighted by Crippen LogP contribution is 2.13. The summed E-state index contributed by atoms with van der Waals surface area (Å²) in [6.07, 6.45) is 5.80. The van der Waals surface area contributed by atoms with Crippen LogP contribution in [0.25, 0.3) is 0 Å². The molecule has 34 heavy (non-hydrogen) atoms. The van der Waals surface area contributed by atoms with Crippen molar-refractivity contribution in [2.45, 2.75) is 58.2 Å². The number of hydrogen-bond donors (Lipinski definition) is 2. The van der Waals surface area contributed by atoms with E-state index in [2.05, 4.69) is 25.8 Å². The summed E-state index contributed by atoms with van der Waals surface area (Å²) in [4.78, 5) is 29.3. The SMILES string of the molecule is CC(C(=O)NC(CCNC(=O)c1cnn(C(C)(C)C)c1)Cc1ccccc1)n1cnc(C#N)n1. The summed E-state index contributed by atoms with van der Waals surface area (Å²) in [5.74, 6) is -0.439. The van der Waals surface area contributed by atoms with E-state index in [4.69, 9.17) is 5.26 Å². The number of carbonyl (C=O) groups is 2. The van der Waals surface area contributed by atoms with E-state index in [0.717, 1.165) is 5.56 Å². The van der Waals surface area contributed by atoms with Crippen LogP contribution in [0.5, 0.6) is 0 Å². The number of aromatic nitrogens is 5. The van der Waals surface area contributed by atoms with Gasteiger partial charge in [-0.2, -0.15) is 10.4 Å². The van der Waals surface area contributed by atoms with E-state index in [-0.39, 0.29) is 29.2 Å². The smallest absolute Gasteiger partial charge is 0.254 e. The fourth-order valence-electron chi connectivity index (χ4n) is 3.35. The van der Waals surface area contributed by atoms with Gasteiger partial charge in [0.05, 0.1) is 17.3 Å². The molecule has 0 radical (unpaired) electrons. The van der Waals surface area contributed by atoms with Crippen LogP contribution in [0.15, 0.2) is 49.1 Å². The summed E-state index contributed by atoms with van der Waals surface area (Å²) in [5.41, 5.74) is 1.36. The van der Waals surface area contributed by atoms with Crippen LogP contribution < -0.4 is 10.6 Å². The van der Waals surface area contributed by atoms with Crippen LogP contribution >= 0.6 is 0 Å². The lowest BCUT2D eigenvalue weighted by atomic mass is 10.0. The van der Waals surface area contributed by atoms with Crippen LogP contribution in [0.4, 0.5) is 0 Å². The molecule has 3 aromatic rings. The van der Waals surface area contributed by atoms with Gasteiger partial charge in [-0.15, -0.1) is 5.10 Å².